The van der Waals surface area contributed by atoms with Gasteiger partial charge < -0.3 is 10.3 Å². The molecule has 0 unspecified atom stereocenters. The Kier molecular flexibility index (Phi) is 3.51. The Morgan fingerprint density at radius 3 is 2.95 bits per heavy atom. The molecule has 5 nitrogen and oxygen atoms in total. The fourth-order valence-corrected chi connectivity index (χ4v) is 2.65. The molecule has 20 heavy (non-hydrogen) atoms. The van der Waals surface area contributed by atoms with Crippen LogP contribution in [-0.4, -0.2) is 26.5 Å². The van der Waals surface area contributed by atoms with Crippen LogP contribution in [0.3, 0.4) is 0 Å². The van der Waals surface area contributed by atoms with E-state index in [-0.39, 0.29) is 5.82 Å². The van der Waals surface area contributed by atoms with Gasteiger partial charge in [-0.2, -0.15) is 4.98 Å². The Labute approximate surface area is 119 Å². The van der Waals surface area contributed by atoms with Gasteiger partial charge >= 0.3 is 0 Å². The average Bonchev–Trinajstić information content (AvgIpc) is 2.90. The molecule has 0 aliphatic heterocycles. The number of aromatic amines is 1. The second-order valence-corrected chi connectivity index (χ2v) is 5.05. The summed E-state index contributed by atoms with van der Waals surface area (Å²) in [5.41, 5.74) is 1.27. The third-order valence-electron chi connectivity index (χ3n) is 2.63. The van der Waals surface area contributed by atoms with Crippen LogP contribution in [0, 0.1) is 5.82 Å². The van der Waals surface area contributed by atoms with Crippen LogP contribution in [0.15, 0.2) is 40.5 Å². The van der Waals surface area contributed by atoms with E-state index in [9.17, 15) is 4.39 Å². The Morgan fingerprint density at radius 2 is 2.15 bits per heavy atom. The molecule has 3 rings (SSSR count). The van der Waals surface area contributed by atoms with Crippen molar-refractivity contribution in [3.8, 4) is 0 Å². The van der Waals surface area contributed by atoms with E-state index < -0.39 is 0 Å². The van der Waals surface area contributed by atoms with Crippen molar-refractivity contribution in [3.05, 3.63) is 36.4 Å². The van der Waals surface area contributed by atoms with Crippen molar-refractivity contribution in [1.82, 2.24) is 19.9 Å². The van der Waals surface area contributed by atoms with Crippen molar-refractivity contribution < 1.29 is 4.39 Å². The van der Waals surface area contributed by atoms with E-state index in [0.29, 0.717) is 33.6 Å². The lowest BCUT2D eigenvalue weighted by atomic mass is 10.3. The second-order valence-electron chi connectivity index (χ2n) is 4.02. The van der Waals surface area contributed by atoms with Crippen molar-refractivity contribution in [2.24, 2.45) is 0 Å². The van der Waals surface area contributed by atoms with Gasteiger partial charge in [0.1, 0.15) is 16.4 Å². The average molecular weight is 289 g/mol. The molecule has 0 radical (unpaired) electrons. The van der Waals surface area contributed by atoms with Gasteiger partial charge in [0, 0.05) is 11.4 Å². The normalized spacial score (nSPS) is 10.9. The number of hydrogen-bond donors (Lipinski definition) is 2. The molecule has 2 aromatic heterocycles. The Bertz CT molecular complexity index is 742. The molecule has 0 bridgehead atoms. The number of hydrogen-bond acceptors (Lipinski definition) is 5. The summed E-state index contributed by atoms with van der Waals surface area (Å²) in [4.78, 5) is 16.3. The topological polar surface area (TPSA) is 66.5 Å². The number of aromatic nitrogens is 4. The predicted molar refractivity (Wildman–Crippen MR) is 76.4 cm³/mol. The quantitative estimate of drug-likeness (QED) is 0.723. The van der Waals surface area contributed by atoms with Gasteiger partial charge in [0.25, 0.3) is 0 Å². The third-order valence-corrected chi connectivity index (χ3v) is 3.67. The highest BCUT2D eigenvalue weighted by atomic mass is 32.2. The second kappa shape index (κ2) is 5.46. The van der Waals surface area contributed by atoms with Crippen LogP contribution in [0.5, 0.6) is 0 Å². The van der Waals surface area contributed by atoms with Gasteiger partial charge in [0.15, 0.2) is 5.65 Å². The monoisotopic (exact) mass is 289 g/mol. The fourth-order valence-electron chi connectivity index (χ4n) is 1.75. The van der Waals surface area contributed by atoms with E-state index in [2.05, 4.69) is 25.3 Å². The van der Waals surface area contributed by atoms with Crippen LogP contribution in [0.4, 0.5) is 10.3 Å². The minimum absolute atomic E-state index is 0.270. The zero-order chi connectivity index (χ0) is 13.9. The van der Waals surface area contributed by atoms with Gasteiger partial charge in [-0.1, -0.05) is 23.9 Å². The van der Waals surface area contributed by atoms with Crippen LogP contribution in [0.2, 0.25) is 0 Å². The van der Waals surface area contributed by atoms with E-state index in [4.69, 9.17) is 0 Å². The van der Waals surface area contributed by atoms with Crippen molar-refractivity contribution in [2.45, 2.75) is 16.8 Å². The maximum atomic E-state index is 13.7. The van der Waals surface area contributed by atoms with Crippen LogP contribution >= 0.6 is 11.8 Å². The van der Waals surface area contributed by atoms with Gasteiger partial charge in [-0.3, -0.25) is 0 Å². The fraction of sp³-hybridized carbons (Fsp3) is 0.154. The first-order valence-corrected chi connectivity index (χ1v) is 6.97. The molecule has 3 aromatic rings. The number of benzene rings is 1. The molecule has 7 heteroatoms. The van der Waals surface area contributed by atoms with E-state index in [0.717, 1.165) is 0 Å². The number of halogens is 1. The van der Waals surface area contributed by atoms with Gasteiger partial charge in [-0.05, 0) is 19.1 Å². The third kappa shape index (κ3) is 2.44. The van der Waals surface area contributed by atoms with E-state index in [1.54, 1.807) is 24.5 Å². The summed E-state index contributed by atoms with van der Waals surface area (Å²) in [7, 11) is 0. The summed E-state index contributed by atoms with van der Waals surface area (Å²) in [6, 6.07) is 6.60. The number of fused-ring (bicyclic) bond motifs is 1. The number of nitrogens with zero attached hydrogens (tertiary/aromatic N) is 3. The number of imidazole rings is 1. The maximum absolute atomic E-state index is 13.7. The molecule has 0 saturated carbocycles. The number of anilines is 1. The highest BCUT2D eigenvalue weighted by Gasteiger charge is 2.12. The van der Waals surface area contributed by atoms with Crippen molar-refractivity contribution in [1.29, 1.82) is 0 Å². The molecule has 0 fully saturated rings. The zero-order valence-corrected chi connectivity index (χ0v) is 11.5. The lowest BCUT2D eigenvalue weighted by Gasteiger charge is -2.06. The lowest BCUT2D eigenvalue weighted by molar-refractivity contribution is 0.602. The summed E-state index contributed by atoms with van der Waals surface area (Å²) >= 11 is 1.25. The minimum Gasteiger partial charge on any atom is -0.354 e. The minimum atomic E-state index is -0.270. The predicted octanol–water partition coefficient (Wildman–Crippen LogP) is 3.08. The molecular formula is C13H12FN5S. The van der Waals surface area contributed by atoms with Crippen LogP contribution < -0.4 is 5.32 Å². The van der Waals surface area contributed by atoms with Crippen molar-refractivity contribution >= 4 is 28.9 Å². The summed E-state index contributed by atoms with van der Waals surface area (Å²) < 4.78 is 13.7. The highest BCUT2D eigenvalue weighted by Crippen LogP contribution is 2.32. The zero-order valence-electron chi connectivity index (χ0n) is 10.7. The standard InChI is InChI=1S/C13H12FN5S/c1-2-15-13-18-11-10(16-7-17-11)12(19-13)20-9-6-4-3-5-8(9)14/h3-7H,2H2,1H3,(H2,15,16,17,18,19). The van der Waals surface area contributed by atoms with Crippen LogP contribution in [0.25, 0.3) is 11.2 Å². The SMILES string of the molecule is CCNc1nc(Sc2ccccc2F)c2[nH]cnc2n1. The molecule has 0 aliphatic rings. The highest BCUT2D eigenvalue weighted by molar-refractivity contribution is 7.99. The summed E-state index contributed by atoms with van der Waals surface area (Å²) in [5.74, 6) is 0.222. The molecule has 0 spiro atoms. The van der Waals surface area contributed by atoms with Crippen LogP contribution in [-0.2, 0) is 0 Å². The van der Waals surface area contributed by atoms with Gasteiger partial charge in [0.2, 0.25) is 5.95 Å². The van der Waals surface area contributed by atoms with Gasteiger partial charge in [-0.15, -0.1) is 0 Å². The molecule has 2 heterocycles. The number of rotatable bonds is 4. The molecule has 0 aliphatic carbocycles. The molecule has 102 valence electrons. The maximum Gasteiger partial charge on any atom is 0.225 e. The van der Waals surface area contributed by atoms with E-state index >= 15 is 0 Å². The van der Waals surface area contributed by atoms with Gasteiger partial charge in [0.05, 0.1) is 6.33 Å². The Hall–Kier alpha value is -2.15. The smallest absolute Gasteiger partial charge is 0.225 e. The molecule has 2 N–H and O–H groups in total. The molecule has 0 atom stereocenters. The molecule has 0 saturated heterocycles. The lowest BCUT2D eigenvalue weighted by Crippen LogP contribution is -2.03. The Balaban J connectivity index is 2.05. The van der Waals surface area contributed by atoms with Crippen molar-refractivity contribution in [3.63, 3.8) is 0 Å². The summed E-state index contributed by atoms with van der Waals surface area (Å²) in [5, 5.41) is 3.69. The molecular weight excluding hydrogens is 277 g/mol. The van der Waals surface area contributed by atoms with E-state index in [1.165, 1.54) is 17.8 Å². The molecule has 1 aromatic carbocycles. The summed E-state index contributed by atoms with van der Waals surface area (Å²) in [6.07, 6.45) is 1.56. The first kappa shape index (κ1) is 12.9. The van der Waals surface area contributed by atoms with Crippen molar-refractivity contribution in [2.75, 3.05) is 11.9 Å². The first-order valence-electron chi connectivity index (χ1n) is 6.15. The number of nitrogens with one attached hydrogen (secondary N) is 2. The molecule has 0 amide bonds. The Morgan fingerprint density at radius 1 is 1.30 bits per heavy atom. The van der Waals surface area contributed by atoms with Crippen LogP contribution in [0.1, 0.15) is 6.92 Å². The number of H-pyrrole nitrogens is 1. The summed E-state index contributed by atoms with van der Waals surface area (Å²) in [6.45, 7) is 2.67. The van der Waals surface area contributed by atoms with E-state index in [1.807, 2.05) is 6.92 Å². The largest absolute Gasteiger partial charge is 0.354 e. The van der Waals surface area contributed by atoms with Gasteiger partial charge in [-0.25, -0.2) is 14.4 Å². The first-order chi connectivity index (χ1) is 9.78.